The Morgan fingerprint density at radius 3 is 1.61 bits per heavy atom. The summed E-state index contributed by atoms with van der Waals surface area (Å²) in [5, 5.41) is 10.9. The van der Waals surface area contributed by atoms with Crippen molar-refractivity contribution in [3.05, 3.63) is 50.6 Å². The maximum atomic E-state index is 12.3. The van der Waals surface area contributed by atoms with E-state index in [1.807, 2.05) is 4.90 Å². The second-order valence-corrected chi connectivity index (χ2v) is 7.66. The van der Waals surface area contributed by atoms with Crippen molar-refractivity contribution in [1.82, 2.24) is 31.1 Å². The third-order valence-corrected chi connectivity index (χ3v) is 4.98. The van der Waals surface area contributed by atoms with Gasteiger partial charge in [-0.1, -0.05) is 26.3 Å². The number of amides is 5. The van der Waals surface area contributed by atoms with Crippen molar-refractivity contribution in [3.8, 4) is 0 Å². The van der Waals surface area contributed by atoms with Gasteiger partial charge in [0.05, 0.1) is 0 Å². The number of hydrogen-bond acceptors (Lipinski definition) is 6. The summed E-state index contributed by atoms with van der Waals surface area (Å²) in [4.78, 5) is 61.8. The van der Waals surface area contributed by atoms with E-state index in [0.29, 0.717) is 65.2 Å². The molecule has 0 spiro atoms. The summed E-state index contributed by atoms with van der Waals surface area (Å²) >= 11 is 0. The number of carbonyl (C=O) groups excluding carboxylic acids is 5. The average Bonchev–Trinajstić information content (AvgIpc) is 2.89. The number of rotatable bonds is 21. The van der Waals surface area contributed by atoms with Gasteiger partial charge < -0.3 is 31.1 Å². The molecule has 200 valence electrons. The highest BCUT2D eigenvalue weighted by Crippen LogP contribution is 1.96. The van der Waals surface area contributed by atoms with Crippen LogP contribution in [-0.4, -0.2) is 98.2 Å². The van der Waals surface area contributed by atoms with Gasteiger partial charge in [-0.25, -0.2) is 0 Å². The fraction of sp³-hybridized carbons (Fsp3) is 0.480. The molecule has 0 fully saturated rings. The predicted molar refractivity (Wildman–Crippen MR) is 140 cm³/mol. The van der Waals surface area contributed by atoms with Crippen molar-refractivity contribution in [3.63, 3.8) is 0 Å². The maximum Gasteiger partial charge on any atom is 0.246 e. The molecule has 0 aromatic carbocycles. The molecule has 0 radical (unpaired) electrons. The van der Waals surface area contributed by atoms with Crippen molar-refractivity contribution in [2.45, 2.75) is 19.3 Å². The number of nitrogens with zero attached hydrogens (tertiary/aromatic N) is 2. The molecule has 0 heterocycles. The van der Waals surface area contributed by atoms with E-state index >= 15 is 0 Å². The molecule has 36 heavy (non-hydrogen) atoms. The first-order chi connectivity index (χ1) is 17.3. The van der Waals surface area contributed by atoms with Crippen LogP contribution in [-0.2, 0) is 24.0 Å². The van der Waals surface area contributed by atoms with Gasteiger partial charge in [-0.2, -0.15) is 0 Å². The molecule has 0 aromatic rings. The highest BCUT2D eigenvalue weighted by Gasteiger charge is 2.12. The first kappa shape index (κ1) is 32.3. The van der Waals surface area contributed by atoms with Crippen LogP contribution in [0.5, 0.6) is 0 Å². The summed E-state index contributed by atoms with van der Waals surface area (Å²) in [5.74, 6) is -1.20. The zero-order chi connectivity index (χ0) is 27.2. The topological polar surface area (TPSA) is 140 Å². The van der Waals surface area contributed by atoms with Crippen LogP contribution in [0.1, 0.15) is 19.3 Å². The predicted octanol–water partition coefficient (Wildman–Crippen LogP) is -0.504. The summed E-state index contributed by atoms with van der Waals surface area (Å²) in [6.45, 7) is 17.6. The number of nitrogens with one attached hydrogen (secondary N) is 4. The van der Waals surface area contributed by atoms with E-state index in [0.717, 1.165) is 6.08 Å². The van der Waals surface area contributed by atoms with Crippen LogP contribution in [0.15, 0.2) is 50.6 Å². The quantitative estimate of drug-likeness (QED) is 0.123. The third-order valence-electron chi connectivity index (χ3n) is 4.98. The minimum Gasteiger partial charge on any atom is -0.356 e. The minimum absolute atomic E-state index is 0.130. The van der Waals surface area contributed by atoms with Gasteiger partial charge in [0.2, 0.25) is 29.5 Å². The zero-order valence-corrected chi connectivity index (χ0v) is 21.1. The Kier molecular flexibility index (Phi) is 18.5. The van der Waals surface area contributed by atoms with Gasteiger partial charge in [-0.05, 0) is 43.7 Å². The maximum absolute atomic E-state index is 12.3. The largest absolute Gasteiger partial charge is 0.356 e. The molecule has 11 nitrogen and oxygen atoms in total. The van der Waals surface area contributed by atoms with Crippen LogP contribution in [0.3, 0.4) is 0 Å². The standard InChI is InChI=1S/C25H40N6O5/c1-5-21(32)26-12-9-16-30(19-14-28-22(33)6-2)18-11-24(35)27-13-10-17-31(25(36)8-4)20-15-29-23(34)7-3/h5-8H,1-4,9-20H2,(H,26,32)(H,27,35)(H,28,33)(H,29,34). The SMILES string of the molecule is C=CC(=O)NCCCN(CCNC(=O)C=C)CCC(=O)NCCCN(CCNC(=O)C=C)C(=O)C=C. The van der Waals surface area contributed by atoms with Crippen molar-refractivity contribution < 1.29 is 24.0 Å². The van der Waals surface area contributed by atoms with E-state index < -0.39 is 0 Å². The molecule has 0 aliphatic heterocycles. The van der Waals surface area contributed by atoms with E-state index in [-0.39, 0.29) is 42.5 Å². The molecular weight excluding hydrogens is 464 g/mol. The number of carbonyl (C=O) groups is 5. The van der Waals surface area contributed by atoms with Gasteiger partial charge in [0.25, 0.3) is 0 Å². The summed E-state index contributed by atoms with van der Waals surface area (Å²) in [5.41, 5.74) is 0. The number of hydrogen-bond donors (Lipinski definition) is 4. The fourth-order valence-electron chi connectivity index (χ4n) is 3.02. The second-order valence-electron chi connectivity index (χ2n) is 7.66. The third kappa shape index (κ3) is 16.8. The van der Waals surface area contributed by atoms with Gasteiger partial charge in [-0.3, -0.25) is 24.0 Å². The molecule has 0 saturated heterocycles. The molecule has 5 amide bonds. The molecular formula is C25H40N6O5. The molecule has 0 aliphatic carbocycles. The second kappa shape index (κ2) is 20.6. The molecule has 0 atom stereocenters. The van der Waals surface area contributed by atoms with Gasteiger partial charge in [0.1, 0.15) is 0 Å². The van der Waals surface area contributed by atoms with E-state index in [1.54, 1.807) is 4.90 Å². The zero-order valence-electron chi connectivity index (χ0n) is 21.1. The Morgan fingerprint density at radius 2 is 1.06 bits per heavy atom. The first-order valence-corrected chi connectivity index (χ1v) is 11.9. The average molecular weight is 505 g/mol. The van der Waals surface area contributed by atoms with Crippen molar-refractivity contribution >= 4 is 29.5 Å². The van der Waals surface area contributed by atoms with Gasteiger partial charge in [0, 0.05) is 58.8 Å². The molecule has 0 bridgehead atoms. The van der Waals surface area contributed by atoms with E-state index in [2.05, 4.69) is 47.6 Å². The van der Waals surface area contributed by atoms with Crippen LogP contribution >= 0.6 is 0 Å². The van der Waals surface area contributed by atoms with Crippen LogP contribution in [0, 0.1) is 0 Å². The lowest BCUT2D eigenvalue weighted by molar-refractivity contribution is -0.126. The van der Waals surface area contributed by atoms with Crippen molar-refractivity contribution in [2.75, 3.05) is 58.9 Å². The summed E-state index contributed by atoms with van der Waals surface area (Å²) in [6, 6.07) is 0. The Labute approximate surface area is 213 Å². The molecule has 0 aliphatic rings. The van der Waals surface area contributed by atoms with Crippen LogP contribution < -0.4 is 21.3 Å². The van der Waals surface area contributed by atoms with E-state index in [4.69, 9.17) is 0 Å². The summed E-state index contributed by atoms with van der Waals surface area (Å²) in [6.07, 6.45) is 6.26. The Morgan fingerprint density at radius 1 is 0.556 bits per heavy atom. The molecule has 11 heteroatoms. The fourth-order valence-corrected chi connectivity index (χ4v) is 3.02. The molecule has 0 saturated carbocycles. The van der Waals surface area contributed by atoms with Gasteiger partial charge in [-0.15, -0.1) is 0 Å². The normalized spacial score (nSPS) is 10.0. The van der Waals surface area contributed by atoms with Crippen LogP contribution in [0.25, 0.3) is 0 Å². The lowest BCUT2D eigenvalue weighted by atomic mass is 10.3. The summed E-state index contributed by atoms with van der Waals surface area (Å²) < 4.78 is 0. The van der Waals surface area contributed by atoms with Gasteiger partial charge >= 0.3 is 0 Å². The monoisotopic (exact) mass is 504 g/mol. The van der Waals surface area contributed by atoms with Crippen molar-refractivity contribution in [1.29, 1.82) is 0 Å². The highest BCUT2D eigenvalue weighted by molar-refractivity contribution is 5.88. The smallest absolute Gasteiger partial charge is 0.246 e. The Bertz CT molecular complexity index is 783. The van der Waals surface area contributed by atoms with Crippen LogP contribution in [0.4, 0.5) is 0 Å². The van der Waals surface area contributed by atoms with Gasteiger partial charge in [0.15, 0.2) is 0 Å². The van der Waals surface area contributed by atoms with Crippen molar-refractivity contribution in [2.24, 2.45) is 0 Å². The van der Waals surface area contributed by atoms with E-state index in [9.17, 15) is 24.0 Å². The lowest BCUT2D eigenvalue weighted by Gasteiger charge is -2.23. The Hall–Kier alpha value is -3.73. The molecule has 0 aromatic heterocycles. The first-order valence-electron chi connectivity index (χ1n) is 11.9. The lowest BCUT2D eigenvalue weighted by Crippen LogP contribution is -2.39. The minimum atomic E-state index is -0.313. The molecule has 0 rings (SSSR count). The summed E-state index contributed by atoms with van der Waals surface area (Å²) in [7, 11) is 0. The van der Waals surface area contributed by atoms with E-state index in [1.165, 1.54) is 18.2 Å². The molecule has 4 N–H and O–H groups in total. The molecule has 0 unspecified atom stereocenters. The highest BCUT2D eigenvalue weighted by atomic mass is 16.2. The Balaban J connectivity index is 4.45. The van der Waals surface area contributed by atoms with Crippen LogP contribution in [0.2, 0.25) is 0 Å².